The third-order valence-electron chi connectivity index (χ3n) is 4.30. The number of rotatable bonds is 5. The van der Waals surface area contributed by atoms with E-state index in [1.54, 1.807) is 37.6 Å². The number of ketones is 1. The molecule has 2 heterocycles. The Morgan fingerprint density at radius 3 is 2.74 bits per heavy atom. The van der Waals surface area contributed by atoms with E-state index in [4.69, 9.17) is 18.6 Å². The lowest BCUT2D eigenvalue weighted by Gasteiger charge is -2.10. The van der Waals surface area contributed by atoms with Gasteiger partial charge in [-0.15, -0.1) is 0 Å². The van der Waals surface area contributed by atoms with Gasteiger partial charge in [0.25, 0.3) is 0 Å². The predicted octanol–water partition coefficient (Wildman–Crippen LogP) is 4.79. The van der Waals surface area contributed by atoms with Crippen molar-refractivity contribution in [3.63, 3.8) is 0 Å². The molecule has 0 aliphatic carbocycles. The van der Waals surface area contributed by atoms with Crippen LogP contribution in [0.3, 0.4) is 0 Å². The number of carbonyl (C=O) groups excluding carboxylic acids is 1. The van der Waals surface area contributed by atoms with Gasteiger partial charge in [0.05, 0.1) is 18.9 Å². The van der Waals surface area contributed by atoms with Gasteiger partial charge in [0.1, 0.15) is 29.6 Å². The number of benzene rings is 2. The molecule has 1 aromatic heterocycles. The Morgan fingerprint density at radius 1 is 1.07 bits per heavy atom. The largest absolute Gasteiger partial charge is 0.497 e. The molecule has 0 unspecified atom stereocenters. The highest BCUT2D eigenvalue weighted by Gasteiger charge is 2.30. The molecule has 0 spiro atoms. The van der Waals surface area contributed by atoms with Crippen molar-refractivity contribution in [3.05, 3.63) is 83.0 Å². The SMILES string of the molecule is COc1cccc(COc2cc(C)c3c(c2)O/C(=C\c2ccco2)C3=O)c1. The molecule has 0 N–H and O–H groups in total. The highest BCUT2D eigenvalue weighted by atomic mass is 16.5. The minimum absolute atomic E-state index is 0.154. The summed E-state index contributed by atoms with van der Waals surface area (Å²) in [5.41, 5.74) is 2.35. The Hall–Kier alpha value is -3.47. The maximum Gasteiger partial charge on any atom is 0.232 e. The molecule has 136 valence electrons. The zero-order valence-electron chi connectivity index (χ0n) is 15.0. The van der Waals surface area contributed by atoms with Crippen LogP contribution in [0.5, 0.6) is 17.2 Å². The monoisotopic (exact) mass is 362 g/mol. The molecule has 0 amide bonds. The molecule has 3 aromatic rings. The van der Waals surface area contributed by atoms with Crippen LogP contribution in [0.2, 0.25) is 0 Å². The van der Waals surface area contributed by atoms with Crippen molar-refractivity contribution in [2.75, 3.05) is 7.11 Å². The third kappa shape index (κ3) is 3.44. The number of Topliss-reactive ketones (excluding diaryl/α,β-unsaturated/α-hetero) is 1. The summed E-state index contributed by atoms with van der Waals surface area (Å²) in [6, 6.07) is 14.8. The molecule has 0 atom stereocenters. The zero-order chi connectivity index (χ0) is 18.8. The number of hydrogen-bond acceptors (Lipinski definition) is 5. The molecule has 1 aliphatic rings. The fraction of sp³-hybridized carbons (Fsp3) is 0.136. The Morgan fingerprint density at radius 2 is 1.96 bits per heavy atom. The van der Waals surface area contributed by atoms with Crippen LogP contribution in [0.25, 0.3) is 6.08 Å². The number of fused-ring (bicyclic) bond motifs is 1. The Kier molecular flexibility index (Phi) is 4.42. The molecule has 2 aromatic carbocycles. The molecule has 5 heteroatoms. The molecule has 5 nitrogen and oxygen atoms in total. The quantitative estimate of drug-likeness (QED) is 0.611. The van der Waals surface area contributed by atoms with E-state index in [9.17, 15) is 4.79 Å². The molecule has 0 saturated carbocycles. The van der Waals surface area contributed by atoms with E-state index in [2.05, 4.69) is 0 Å². The van der Waals surface area contributed by atoms with Gasteiger partial charge in [-0.3, -0.25) is 4.79 Å². The summed E-state index contributed by atoms with van der Waals surface area (Å²) < 4.78 is 22.1. The van der Waals surface area contributed by atoms with E-state index in [1.165, 1.54) is 0 Å². The van der Waals surface area contributed by atoms with Crippen LogP contribution in [0, 0.1) is 6.92 Å². The van der Waals surface area contributed by atoms with Crippen molar-refractivity contribution in [3.8, 4) is 17.2 Å². The third-order valence-corrected chi connectivity index (χ3v) is 4.30. The minimum Gasteiger partial charge on any atom is -0.497 e. The lowest BCUT2D eigenvalue weighted by Crippen LogP contribution is -2.00. The number of hydrogen-bond donors (Lipinski definition) is 0. The molecular weight excluding hydrogens is 344 g/mol. The standard InChI is InChI=1S/C22H18O5/c1-14-9-18(26-13-15-5-3-6-16(10-15)24-2)12-19-21(14)22(23)20(27-19)11-17-7-4-8-25-17/h3-12H,13H2,1-2H3/b20-11-. The van der Waals surface area contributed by atoms with Crippen LogP contribution in [-0.4, -0.2) is 12.9 Å². The maximum atomic E-state index is 12.6. The highest BCUT2D eigenvalue weighted by molar-refractivity contribution is 6.15. The molecule has 1 aliphatic heterocycles. The van der Waals surface area contributed by atoms with Gasteiger partial charge in [-0.05, 0) is 48.4 Å². The number of carbonyl (C=O) groups is 1. The smallest absolute Gasteiger partial charge is 0.232 e. The molecule has 0 fully saturated rings. The first-order chi connectivity index (χ1) is 13.1. The summed E-state index contributed by atoms with van der Waals surface area (Å²) >= 11 is 0. The molecule has 0 bridgehead atoms. The van der Waals surface area contributed by atoms with Crippen LogP contribution < -0.4 is 14.2 Å². The summed E-state index contributed by atoms with van der Waals surface area (Å²) in [6.45, 7) is 2.26. The van der Waals surface area contributed by atoms with Crippen LogP contribution in [0.1, 0.15) is 27.2 Å². The van der Waals surface area contributed by atoms with Crippen LogP contribution in [-0.2, 0) is 6.61 Å². The summed E-state index contributed by atoms with van der Waals surface area (Å²) in [4.78, 5) is 12.6. The fourth-order valence-electron chi connectivity index (χ4n) is 2.99. The first-order valence-corrected chi connectivity index (χ1v) is 8.52. The Bertz CT molecular complexity index is 1020. The van der Waals surface area contributed by atoms with Crippen molar-refractivity contribution in [2.45, 2.75) is 13.5 Å². The molecular formula is C22H18O5. The lowest BCUT2D eigenvalue weighted by molar-refractivity contribution is 0.101. The fourth-order valence-corrected chi connectivity index (χ4v) is 2.99. The Balaban J connectivity index is 1.55. The number of furan rings is 1. The molecule has 4 rings (SSSR count). The average molecular weight is 362 g/mol. The molecule has 0 saturated heterocycles. The van der Waals surface area contributed by atoms with Gasteiger partial charge in [0.15, 0.2) is 5.76 Å². The second-order valence-electron chi connectivity index (χ2n) is 6.21. The summed E-state index contributed by atoms with van der Waals surface area (Å²) in [5, 5.41) is 0. The van der Waals surface area contributed by atoms with E-state index < -0.39 is 0 Å². The van der Waals surface area contributed by atoms with E-state index >= 15 is 0 Å². The number of allylic oxidation sites excluding steroid dienone is 1. The first kappa shape index (κ1) is 17.0. The van der Waals surface area contributed by atoms with Crippen LogP contribution in [0.4, 0.5) is 0 Å². The summed E-state index contributed by atoms with van der Waals surface area (Å²) in [7, 11) is 1.63. The molecule has 0 radical (unpaired) electrons. The molecule has 27 heavy (non-hydrogen) atoms. The van der Waals surface area contributed by atoms with E-state index in [0.717, 1.165) is 16.9 Å². The lowest BCUT2D eigenvalue weighted by atomic mass is 10.0. The zero-order valence-corrected chi connectivity index (χ0v) is 15.0. The normalized spacial score (nSPS) is 14.1. The van der Waals surface area contributed by atoms with Crippen molar-refractivity contribution < 1.29 is 23.4 Å². The number of aryl methyl sites for hydroxylation is 1. The summed E-state index contributed by atoms with van der Waals surface area (Å²) in [6.07, 6.45) is 3.15. The van der Waals surface area contributed by atoms with Crippen molar-refractivity contribution in [1.29, 1.82) is 0 Å². The van der Waals surface area contributed by atoms with E-state index in [-0.39, 0.29) is 11.5 Å². The highest BCUT2D eigenvalue weighted by Crippen LogP contribution is 2.37. The first-order valence-electron chi connectivity index (χ1n) is 8.52. The second-order valence-corrected chi connectivity index (χ2v) is 6.21. The Labute approximate surface area is 156 Å². The van der Waals surface area contributed by atoms with Gasteiger partial charge >= 0.3 is 0 Å². The van der Waals surface area contributed by atoms with Crippen molar-refractivity contribution >= 4 is 11.9 Å². The van der Waals surface area contributed by atoms with Crippen molar-refractivity contribution in [1.82, 2.24) is 0 Å². The average Bonchev–Trinajstić information content (AvgIpc) is 3.29. The van der Waals surface area contributed by atoms with Gasteiger partial charge in [-0.2, -0.15) is 0 Å². The van der Waals surface area contributed by atoms with Gasteiger partial charge in [-0.25, -0.2) is 0 Å². The second kappa shape index (κ2) is 7.03. The van der Waals surface area contributed by atoms with Crippen molar-refractivity contribution in [2.24, 2.45) is 0 Å². The van der Waals surface area contributed by atoms with E-state index in [0.29, 0.717) is 29.4 Å². The van der Waals surface area contributed by atoms with Gasteiger partial charge in [-0.1, -0.05) is 12.1 Å². The van der Waals surface area contributed by atoms with Gasteiger partial charge in [0, 0.05) is 12.1 Å². The predicted molar refractivity (Wildman–Crippen MR) is 100 cm³/mol. The number of methoxy groups -OCH3 is 1. The minimum atomic E-state index is -0.154. The van der Waals surface area contributed by atoms with E-state index in [1.807, 2.05) is 37.3 Å². The van der Waals surface area contributed by atoms with Gasteiger partial charge in [0.2, 0.25) is 5.78 Å². The van der Waals surface area contributed by atoms with Crippen LogP contribution in [0.15, 0.2) is 65.0 Å². The van der Waals surface area contributed by atoms with Crippen LogP contribution >= 0.6 is 0 Å². The topological polar surface area (TPSA) is 57.9 Å². The summed E-state index contributed by atoms with van der Waals surface area (Å²) in [5.74, 6) is 2.58. The maximum absolute atomic E-state index is 12.6. The van der Waals surface area contributed by atoms with Gasteiger partial charge < -0.3 is 18.6 Å². The number of ether oxygens (including phenoxy) is 3.